The van der Waals surface area contributed by atoms with Gasteiger partial charge in [0.15, 0.2) is 5.57 Å². The number of carbonyl (C=O) groups is 2. The fourth-order valence-electron chi connectivity index (χ4n) is 1.60. The molecule has 1 aliphatic rings. The van der Waals surface area contributed by atoms with Crippen LogP contribution in [0.5, 0.6) is 0 Å². The Kier molecular flexibility index (Phi) is 6.04. The highest BCUT2D eigenvalue weighted by molar-refractivity contribution is 5.94. The SMILES string of the molecule is CCOC(=O)CN1C=CC=C/C1=C(/C#N)C(=O)OCC. The van der Waals surface area contributed by atoms with E-state index in [1.165, 1.54) is 4.90 Å². The van der Waals surface area contributed by atoms with Crippen molar-refractivity contribution in [2.75, 3.05) is 19.8 Å². The summed E-state index contributed by atoms with van der Waals surface area (Å²) in [7, 11) is 0. The van der Waals surface area contributed by atoms with Crippen LogP contribution in [-0.2, 0) is 19.1 Å². The molecule has 0 radical (unpaired) electrons. The van der Waals surface area contributed by atoms with Crippen LogP contribution < -0.4 is 0 Å². The standard InChI is InChI=1S/C14H16N2O4/c1-3-19-13(17)10-16-8-6-5-7-12(16)11(9-15)14(18)20-4-2/h5-8H,3-4,10H2,1-2H3/b12-11+. The number of allylic oxidation sites excluding steroid dienone is 3. The lowest BCUT2D eigenvalue weighted by molar-refractivity contribution is -0.143. The Morgan fingerprint density at radius 3 is 2.55 bits per heavy atom. The molecule has 0 N–H and O–H groups in total. The molecule has 106 valence electrons. The van der Waals surface area contributed by atoms with Gasteiger partial charge >= 0.3 is 11.9 Å². The zero-order valence-electron chi connectivity index (χ0n) is 11.5. The van der Waals surface area contributed by atoms with Gasteiger partial charge in [0, 0.05) is 6.20 Å². The summed E-state index contributed by atoms with van der Waals surface area (Å²) in [4.78, 5) is 24.7. The van der Waals surface area contributed by atoms with E-state index in [0.29, 0.717) is 5.70 Å². The minimum absolute atomic E-state index is 0.0748. The van der Waals surface area contributed by atoms with Crippen LogP contribution in [0.25, 0.3) is 0 Å². The molecule has 0 aromatic heterocycles. The molecule has 1 aliphatic heterocycles. The summed E-state index contributed by atoms with van der Waals surface area (Å²) in [6.07, 6.45) is 6.55. The Labute approximate surface area is 117 Å². The van der Waals surface area contributed by atoms with E-state index < -0.39 is 11.9 Å². The molecule has 0 spiro atoms. The maximum Gasteiger partial charge on any atom is 0.351 e. The highest BCUT2D eigenvalue weighted by Gasteiger charge is 2.21. The van der Waals surface area contributed by atoms with Gasteiger partial charge in [0.1, 0.15) is 12.6 Å². The number of rotatable bonds is 5. The van der Waals surface area contributed by atoms with Crippen LogP contribution in [0.3, 0.4) is 0 Å². The molecule has 0 amide bonds. The van der Waals surface area contributed by atoms with E-state index in [9.17, 15) is 9.59 Å². The topological polar surface area (TPSA) is 79.6 Å². The Morgan fingerprint density at radius 2 is 1.95 bits per heavy atom. The summed E-state index contributed by atoms with van der Waals surface area (Å²) in [6, 6.07) is 1.82. The zero-order valence-corrected chi connectivity index (χ0v) is 11.5. The molecular formula is C14H16N2O4. The fraction of sp³-hybridized carbons (Fsp3) is 0.357. The van der Waals surface area contributed by atoms with Crippen LogP contribution in [0.1, 0.15) is 13.8 Å². The maximum absolute atomic E-state index is 11.7. The average molecular weight is 276 g/mol. The summed E-state index contributed by atoms with van der Waals surface area (Å²) in [6.45, 7) is 3.74. The van der Waals surface area contributed by atoms with Crippen molar-refractivity contribution >= 4 is 11.9 Å². The third kappa shape index (κ3) is 3.99. The van der Waals surface area contributed by atoms with Crippen molar-refractivity contribution in [3.8, 4) is 6.07 Å². The average Bonchev–Trinajstić information content (AvgIpc) is 2.42. The van der Waals surface area contributed by atoms with Crippen molar-refractivity contribution in [3.05, 3.63) is 35.7 Å². The predicted octanol–water partition coefficient (Wildman–Crippen LogP) is 1.28. The van der Waals surface area contributed by atoms with Gasteiger partial charge in [-0.25, -0.2) is 4.79 Å². The Hall–Kier alpha value is -2.55. The molecule has 0 unspecified atom stereocenters. The van der Waals surface area contributed by atoms with Crippen molar-refractivity contribution in [2.24, 2.45) is 0 Å². The second kappa shape index (κ2) is 7.79. The van der Waals surface area contributed by atoms with Crippen molar-refractivity contribution in [1.82, 2.24) is 4.90 Å². The van der Waals surface area contributed by atoms with E-state index in [-0.39, 0.29) is 25.3 Å². The molecule has 0 atom stereocenters. The van der Waals surface area contributed by atoms with Gasteiger partial charge in [0.25, 0.3) is 0 Å². The van der Waals surface area contributed by atoms with Crippen LogP contribution in [0.2, 0.25) is 0 Å². The summed E-state index contributed by atoms with van der Waals surface area (Å²) < 4.78 is 9.68. The van der Waals surface area contributed by atoms with E-state index >= 15 is 0 Å². The van der Waals surface area contributed by atoms with Gasteiger partial charge in [-0.2, -0.15) is 5.26 Å². The fourth-order valence-corrected chi connectivity index (χ4v) is 1.60. The second-order valence-corrected chi connectivity index (χ2v) is 3.73. The van der Waals surface area contributed by atoms with E-state index in [2.05, 4.69) is 0 Å². The summed E-state index contributed by atoms with van der Waals surface area (Å²) in [5.41, 5.74) is 0.179. The molecule has 6 heteroatoms. The lowest BCUT2D eigenvalue weighted by Crippen LogP contribution is -2.28. The number of carbonyl (C=O) groups excluding carboxylic acids is 2. The Bertz CT molecular complexity index is 512. The van der Waals surface area contributed by atoms with Gasteiger partial charge in [-0.15, -0.1) is 0 Å². The maximum atomic E-state index is 11.7. The Morgan fingerprint density at radius 1 is 1.25 bits per heavy atom. The number of esters is 2. The quantitative estimate of drug-likeness (QED) is 0.427. The second-order valence-electron chi connectivity index (χ2n) is 3.73. The first-order chi connectivity index (χ1) is 9.63. The van der Waals surface area contributed by atoms with Gasteiger partial charge in [0.2, 0.25) is 0 Å². The molecule has 0 aromatic carbocycles. The third-order valence-electron chi connectivity index (χ3n) is 2.39. The van der Waals surface area contributed by atoms with Gasteiger partial charge in [-0.05, 0) is 26.0 Å². The number of nitrogens with zero attached hydrogens (tertiary/aromatic N) is 2. The van der Waals surface area contributed by atoms with Crippen LogP contribution in [0.4, 0.5) is 0 Å². The highest BCUT2D eigenvalue weighted by Crippen LogP contribution is 2.17. The third-order valence-corrected chi connectivity index (χ3v) is 2.39. The monoisotopic (exact) mass is 276 g/mol. The number of nitriles is 1. The van der Waals surface area contributed by atoms with Gasteiger partial charge in [-0.1, -0.05) is 6.08 Å². The largest absolute Gasteiger partial charge is 0.465 e. The molecule has 0 saturated heterocycles. The molecule has 1 rings (SSSR count). The van der Waals surface area contributed by atoms with E-state index in [0.717, 1.165) is 0 Å². The first-order valence-electron chi connectivity index (χ1n) is 6.22. The van der Waals surface area contributed by atoms with Crippen LogP contribution in [-0.4, -0.2) is 36.6 Å². The predicted molar refractivity (Wildman–Crippen MR) is 70.9 cm³/mol. The molecule has 0 bridgehead atoms. The lowest BCUT2D eigenvalue weighted by Gasteiger charge is -2.23. The Balaban J connectivity index is 3.01. The first kappa shape index (κ1) is 15.5. The first-order valence-corrected chi connectivity index (χ1v) is 6.22. The zero-order chi connectivity index (χ0) is 15.0. The van der Waals surface area contributed by atoms with E-state index in [4.69, 9.17) is 14.7 Å². The number of ether oxygens (including phenoxy) is 2. The van der Waals surface area contributed by atoms with Crippen molar-refractivity contribution < 1.29 is 19.1 Å². The number of hydrogen-bond acceptors (Lipinski definition) is 6. The minimum Gasteiger partial charge on any atom is -0.465 e. The summed E-state index contributed by atoms with van der Waals surface area (Å²) >= 11 is 0. The summed E-state index contributed by atoms with van der Waals surface area (Å²) in [5.74, 6) is -1.15. The molecule has 0 fully saturated rings. The lowest BCUT2D eigenvalue weighted by atomic mass is 10.1. The molecular weight excluding hydrogens is 260 g/mol. The molecule has 6 nitrogen and oxygen atoms in total. The summed E-state index contributed by atoms with van der Waals surface area (Å²) in [5, 5.41) is 9.12. The smallest absolute Gasteiger partial charge is 0.351 e. The molecule has 1 heterocycles. The normalized spacial score (nSPS) is 15.6. The molecule has 20 heavy (non-hydrogen) atoms. The van der Waals surface area contributed by atoms with Crippen molar-refractivity contribution in [1.29, 1.82) is 5.26 Å². The van der Waals surface area contributed by atoms with Crippen LogP contribution in [0.15, 0.2) is 35.7 Å². The van der Waals surface area contributed by atoms with Crippen molar-refractivity contribution in [3.63, 3.8) is 0 Å². The van der Waals surface area contributed by atoms with Crippen LogP contribution in [0, 0.1) is 11.3 Å². The van der Waals surface area contributed by atoms with Gasteiger partial charge in [0.05, 0.1) is 18.9 Å². The van der Waals surface area contributed by atoms with Crippen molar-refractivity contribution in [2.45, 2.75) is 13.8 Å². The molecule has 0 aromatic rings. The molecule has 0 saturated carbocycles. The molecule has 0 aliphatic carbocycles. The number of hydrogen-bond donors (Lipinski definition) is 0. The van der Waals surface area contributed by atoms with Crippen LogP contribution >= 0.6 is 0 Å². The van der Waals surface area contributed by atoms with Gasteiger partial charge < -0.3 is 14.4 Å². The van der Waals surface area contributed by atoms with E-state index in [1.54, 1.807) is 38.3 Å². The highest BCUT2D eigenvalue weighted by atomic mass is 16.5. The van der Waals surface area contributed by atoms with Gasteiger partial charge in [-0.3, -0.25) is 4.79 Å². The minimum atomic E-state index is -0.709. The van der Waals surface area contributed by atoms with E-state index in [1.807, 2.05) is 6.07 Å².